The fourth-order valence-electron chi connectivity index (χ4n) is 2.07. The Morgan fingerprint density at radius 3 is 2.50 bits per heavy atom. The highest BCUT2D eigenvalue weighted by atomic mass is 16.5. The number of nitrogens with two attached hydrogens (primary N) is 2. The Labute approximate surface area is 140 Å². The van der Waals surface area contributed by atoms with Gasteiger partial charge in [0, 0.05) is 23.0 Å². The molecule has 0 saturated heterocycles. The average Bonchev–Trinajstić information content (AvgIpc) is 2.60. The van der Waals surface area contributed by atoms with Gasteiger partial charge in [0.15, 0.2) is 11.5 Å². The van der Waals surface area contributed by atoms with Crippen LogP contribution in [0.3, 0.4) is 0 Å². The zero-order valence-electron chi connectivity index (χ0n) is 13.6. The largest absolute Gasteiger partial charge is 0.493 e. The first-order valence-electron chi connectivity index (χ1n) is 7.24. The van der Waals surface area contributed by atoms with Crippen molar-refractivity contribution in [3.05, 3.63) is 53.6 Å². The van der Waals surface area contributed by atoms with Crippen LogP contribution in [0.1, 0.15) is 11.1 Å². The molecule has 0 aliphatic heterocycles. The molecule has 24 heavy (non-hydrogen) atoms. The predicted molar refractivity (Wildman–Crippen MR) is 93.6 cm³/mol. The molecule has 0 radical (unpaired) electrons. The van der Waals surface area contributed by atoms with E-state index in [-0.39, 0.29) is 6.61 Å². The van der Waals surface area contributed by atoms with E-state index >= 15 is 0 Å². The van der Waals surface area contributed by atoms with Crippen LogP contribution in [0, 0.1) is 0 Å². The molecule has 6 nitrogen and oxygen atoms in total. The molecule has 0 saturated carbocycles. The molecular formula is C18H20N2O4. The van der Waals surface area contributed by atoms with Crippen LogP contribution in [0.5, 0.6) is 11.5 Å². The van der Waals surface area contributed by atoms with E-state index in [9.17, 15) is 4.79 Å². The lowest BCUT2D eigenvalue weighted by Gasteiger charge is -2.08. The summed E-state index contributed by atoms with van der Waals surface area (Å²) in [6, 6.07) is 10.4. The number of hydrogen-bond acceptors (Lipinski definition) is 6. The Kier molecular flexibility index (Phi) is 5.68. The molecule has 2 aromatic carbocycles. The topological polar surface area (TPSA) is 96.8 Å². The first-order chi connectivity index (χ1) is 11.5. The number of ether oxygens (including phenoxy) is 3. The maximum atomic E-state index is 11.8. The van der Waals surface area contributed by atoms with Gasteiger partial charge in [-0.1, -0.05) is 6.07 Å². The van der Waals surface area contributed by atoms with Gasteiger partial charge < -0.3 is 25.7 Å². The lowest BCUT2D eigenvalue weighted by molar-refractivity contribution is -0.138. The number of benzene rings is 2. The maximum absolute atomic E-state index is 11.8. The molecule has 0 bridgehead atoms. The van der Waals surface area contributed by atoms with Crippen LogP contribution in [0.2, 0.25) is 0 Å². The van der Waals surface area contributed by atoms with Crippen molar-refractivity contribution in [3.8, 4) is 11.5 Å². The van der Waals surface area contributed by atoms with Crippen molar-refractivity contribution in [1.82, 2.24) is 0 Å². The van der Waals surface area contributed by atoms with Gasteiger partial charge in [-0.25, -0.2) is 4.79 Å². The average molecular weight is 328 g/mol. The molecule has 0 aromatic heterocycles. The van der Waals surface area contributed by atoms with Crippen molar-refractivity contribution in [2.75, 3.05) is 25.7 Å². The molecule has 0 spiro atoms. The number of esters is 1. The Hall–Kier alpha value is -3.15. The Morgan fingerprint density at radius 2 is 1.79 bits per heavy atom. The van der Waals surface area contributed by atoms with Crippen LogP contribution in [0.25, 0.3) is 6.08 Å². The second kappa shape index (κ2) is 7.92. The van der Waals surface area contributed by atoms with Crippen LogP contribution >= 0.6 is 0 Å². The minimum Gasteiger partial charge on any atom is -0.493 e. The van der Waals surface area contributed by atoms with E-state index in [2.05, 4.69) is 0 Å². The lowest BCUT2D eigenvalue weighted by atomic mass is 10.1. The van der Waals surface area contributed by atoms with Gasteiger partial charge >= 0.3 is 5.97 Å². The summed E-state index contributed by atoms with van der Waals surface area (Å²) in [7, 11) is 3.11. The van der Waals surface area contributed by atoms with Crippen LogP contribution in [-0.2, 0) is 16.1 Å². The molecule has 0 unspecified atom stereocenters. The molecule has 0 amide bonds. The number of methoxy groups -OCH3 is 2. The molecule has 0 aliphatic carbocycles. The standard InChI is InChI=1S/C18H20N2O4/c1-22-16-7-3-12(9-17(16)23-2)4-8-18(21)24-11-13-10-14(19)5-6-15(13)20/h3-10H,11,19-20H2,1-2H3/b8-4+. The van der Waals surface area contributed by atoms with Crippen molar-refractivity contribution in [2.45, 2.75) is 6.61 Å². The molecular weight excluding hydrogens is 308 g/mol. The van der Waals surface area contributed by atoms with Crippen molar-refractivity contribution >= 4 is 23.4 Å². The molecule has 2 rings (SSSR count). The third-order valence-corrected chi connectivity index (χ3v) is 3.36. The number of carbonyl (C=O) groups is 1. The van der Waals surface area contributed by atoms with Crippen molar-refractivity contribution < 1.29 is 19.0 Å². The molecule has 0 aliphatic rings. The van der Waals surface area contributed by atoms with Crippen molar-refractivity contribution in [1.29, 1.82) is 0 Å². The first-order valence-corrected chi connectivity index (χ1v) is 7.24. The van der Waals surface area contributed by atoms with E-state index in [1.54, 1.807) is 56.7 Å². The Bertz CT molecular complexity index is 757. The minimum absolute atomic E-state index is 0.0615. The number of nitrogen functional groups attached to an aromatic ring is 2. The summed E-state index contributed by atoms with van der Waals surface area (Å²) in [5.41, 5.74) is 14.0. The molecule has 126 valence electrons. The lowest BCUT2D eigenvalue weighted by Crippen LogP contribution is -2.04. The maximum Gasteiger partial charge on any atom is 0.331 e. The highest BCUT2D eigenvalue weighted by Crippen LogP contribution is 2.28. The van der Waals surface area contributed by atoms with Gasteiger partial charge in [0.2, 0.25) is 0 Å². The smallest absolute Gasteiger partial charge is 0.331 e. The van der Waals surface area contributed by atoms with Gasteiger partial charge in [-0.2, -0.15) is 0 Å². The van der Waals surface area contributed by atoms with E-state index in [4.69, 9.17) is 25.7 Å². The van der Waals surface area contributed by atoms with Crippen LogP contribution in [-0.4, -0.2) is 20.2 Å². The highest BCUT2D eigenvalue weighted by molar-refractivity contribution is 5.87. The second-order valence-electron chi connectivity index (χ2n) is 5.01. The highest BCUT2D eigenvalue weighted by Gasteiger charge is 2.05. The number of carbonyl (C=O) groups excluding carboxylic acids is 1. The summed E-state index contributed by atoms with van der Waals surface area (Å²) in [6.07, 6.45) is 2.97. The van der Waals surface area contributed by atoms with Crippen LogP contribution < -0.4 is 20.9 Å². The van der Waals surface area contributed by atoms with E-state index in [0.29, 0.717) is 28.4 Å². The summed E-state index contributed by atoms with van der Waals surface area (Å²) in [5.74, 6) is 0.724. The third kappa shape index (κ3) is 4.42. The SMILES string of the molecule is COc1ccc(/C=C/C(=O)OCc2cc(N)ccc2N)cc1OC. The molecule has 2 aromatic rings. The first kappa shape index (κ1) is 17.2. The normalized spacial score (nSPS) is 10.6. The zero-order valence-corrected chi connectivity index (χ0v) is 13.6. The number of rotatable bonds is 6. The minimum atomic E-state index is -0.480. The summed E-state index contributed by atoms with van der Waals surface area (Å²) < 4.78 is 15.5. The van der Waals surface area contributed by atoms with E-state index < -0.39 is 5.97 Å². The van der Waals surface area contributed by atoms with Gasteiger partial charge in [-0.15, -0.1) is 0 Å². The molecule has 6 heteroatoms. The van der Waals surface area contributed by atoms with E-state index in [1.165, 1.54) is 6.08 Å². The third-order valence-electron chi connectivity index (χ3n) is 3.36. The van der Waals surface area contributed by atoms with Gasteiger partial charge in [-0.05, 0) is 42.0 Å². The fraction of sp³-hybridized carbons (Fsp3) is 0.167. The summed E-state index contributed by atoms with van der Waals surface area (Å²) >= 11 is 0. The monoisotopic (exact) mass is 328 g/mol. The second-order valence-corrected chi connectivity index (χ2v) is 5.01. The fourth-order valence-corrected chi connectivity index (χ4v) is 2.07. The van der Waals surface area contributed by atoms with Gasteiger partial charge in [0.25, 0.3) is 0 Å². The molecule has 0 atom stereocenters. The van der Waals surface area contributed by atoms with Crippen LogP contribution in [0.4, 0.5) is 11.4 Å². The summed E-state index contributed by atoms with van der Waals surface area (Å²) in [4.78, 5) is 11.8. The quantitative estimate of drug-likeness (QED) is 0.481. The van der Waals surface area contributed by atoms with Crippen LogP contribution in [0.15, 0.2) is 42.5 Å². The van der Waals surface area contributed by atoms with Gasteiger partial charge in [0.05, 0.1) is 14.2 Å². The molecule has 0 heterocycles. The van der Waals surface area contributed by atoms with Gasteiger partial charge in [0.1, 0.15) is 6.61 Å². The number of hydrogen-bond donors (Lipinski definition) is 2. The number of anilines is 2. The van der Waals surface area contributed by atoms with E-state index in [0.717, 1.165) is 5.56 Å². The predicted octanol–water partition coefficient (Wildman–Crippen LogP) is 2.62. The molecule has 0 fully saturated rings. The van der Waals surface area contributed by atoms with Crippen molar-refractivity contribution in [3.63, 3.8) is 0 Å². The molecule has 4 N–H and O–H groups in total. The summed E-state index contributed by atoms with van der Waals surface area (Å²) in [5, 5.41) is 0. The van der Waals surface area contributed by atoms with Crippen molar-refractivity contribution in [2.24, 2.45) is 0 Å². The zero-order chi connectivity index (χ0) is 17.5. The van der Waals surface area contributed by atoms with Gasteiger partial charge in [-0.3, -0.25) is 0 Å². The summed E-state index contributed by atoms with van der Waals surface area (Å²) in [6.45, 7) is 0.0615. The van der Waals surface area contributed by atoms with E-state index in [1.807, 2.05) is 0 Å². The Morgan fingerprint density at radius 1 is 1.04 bits per heavy atom. The Balaban J connectivity index is 1.99.